The number of rotatable bonds is 5. The first-order valence-electron chi connectivity index (χ1n) is 11.1. The largest absolute Gasteiger partial charge is 0.416 e. The average molecular weight is 562 g/mol. The van der Waals surface area contributed by atoms with Crippen LogP contribution in [-0.2, 0) is 17.1 Å². The highest BCUT2D eigenvalue weighted by atomic mass is 32.1. The first-order chi connectivity index (χ1) is 17.7. The number of aryl methyl sites for hydroxylation is 1. The maximum Gasteiger partial charge on any atom is 0.416 e. The van der Waals surface area contributed by atoms with Gasteiger partial charge in [0.25, 0.3) is 11.8 Å². The third-order valence-corrected chi connectivity index (χ3v) is 6.47. The van der Waals surface area contributed by atoms with Crippen LogP contribution in [0.25, 0.3) is 5.13 Å². The van der Waals surface area contributed by atoms with Crippen LogP contribution in [0.15, 0.2) is 24.4 Å². The average Bonchev–Trinajstić information content (AvgIpc) is 3.49. The van der Waals surface area contributed by atoms with Crippen LogP contribution in [-0.4, -0.2) is 62.8 Å². The van der Waals surface area contributed by atoms with E-state index in [0.29, 0.717) is 43.3 Å². The van der Waals surface area contributed by atoms with E-state index in [1.807, 2.05) is 0 Å². The number of halogens is 6. The van der Waals surface area contributed by atoms with Crippen molar-refractivity contribution in [3.63, 3.8) is 0 Å². The highest BCUT2D eigenvalue weighted by molar-refractivity contribution is 7.16. The summed E-state index contributed by atoms with van der Waals surface area (Å²) in [6.07, 6.45) is -8.83. The predicted octanol–water partition coefficient (Wildman–Crippen LogP) is 4.03. The maximum atomic E-state index is 13.2. The quantitative estimate of drug-likeness (QED) is 0.472. The summed E-state index contributed by atoms with van der Waals surface area (Å²) < 4.78 is 85.6. The Labute approximate surface area is 215 Å². The number of aromatic nitrogens is 4. The van der Waals surface area contributed by atoms with Crippen molar-refractivity contribution < 1.29 is 40.7 Å². The van der Waals surface area contributed by atoms with Gasteiger partial charge in [0.15, 0.2) is 5.82 Å². The van der Waals surface area contributed by atoms with Gasteiger partial charge in [0.1, 0.15) is 10.7 Å². The molecule has 3 heterocycles. The van der Waals surface area contributed by atoms with Crippen molar-refractivity contribution in [3.05, 3.63) is 57.6 Å². The van der Waals surface area contributed by atoms with Gasteiger partial charge in [0.2, 0.25) is 5.13 Å². The van der Waals surface area contributed by atoms with Crippen molar-refractivity contribution >= 4 is 23.2 Å². The zero-order valence-corrected chi connectivity index (χ0v) is 20.7. The second-order valence-corrected chi connectivity index (χ2v) is 9.34. The van der Waals surface area contributed by atoms with Gasteiger partial charge in [-0.3, -0.25) is 9.59 Å². The topological polar surface area (TPSA) is 102 Å². The number of hydrogen-bond acceptors (Lipinski definition) is 7. The first-order valence-corrected chi connectivity index (χ1v) is 11.9. The van der Waals surface area contributed by atoms with E-state index in [-0.39, 0.29) is 28.8 Å². The van der Waals surface area contributed by atoms with Crippen LogP contribution in [0, 0.1) is 6.92 Å². The van der Waals surface area contributed by atoms with Crippen molar-refractivity contribution in [1.82, 2.24) is 30.0 Å². The number of nitrogens with zero attached hydrogens (tertiary/aromatic N) is 5. The Morgan fingerprint density at radius 1 is 1.05 bits per heavy atom. The highest BCUT2D eigenvalue weighted by Gasteiger charge is 2.37. The van der Waals surface area contributed by atoms with E-state index in [0.717, 1.165) is 11.3 Å². The molecule has 1 saturated heterocycles. The molecule has 4 rings (SSSR count). The van der Waals surface area contributed by atoms with Crippen molar-refractivity contribution in [2.45, 2.75) is 32.2 Å². The molecule has 1 fully saturated rings. The zero-order chi connectivity index (χ0) is 27.8. The van der Waals surface area contributed by atoms with E-state index in [1.165, 1.54) is 17.8 Å². The molecule has 1 unspecified atom stereocenters. The number of benzene rings is 1. The lowest BCUT2D eigenvalue weighted by molar-refractivity contribution is -0.143. The summed E-state index contributed by atoms with van der Waals surface area (Å²) in [5.74, 6) is -1.06. The third kappa shape index (κ3) is 5.96. The Balaban J connectivity index is 1.58. The highest BCUT2D eigenvalue weighted by Crippen LogP contribution is 2.36. The number of morpholine rings is 1. The molecule has 0 aliphatic carbocycles. The van der Waals surface area contributed by atoms with Gasteiger partial charge in [0.05, 0.1) is 36.6 Å². The molecule has 3 aromatic rings. The SMILES string of the molecule is Cc1nc(C(C)NC(=O)c2cc(C(F)(F)F)cc(C(F)(F)F)c2)n(-c2ncc(C(=O)N3CCOCC3)s2)n1. The van der Waals surface area contributed by atoms with Gasteiger partial charge in [-0.05, 0) is 32.0 Å². The number of ether oxygens (including phenoxy) is 1. The van der Waals surface area contributed by atoms with Gasteiger partial charge in [-0.15, -0.1) is 5.10 Å². The molecule has 0 radical (unpaired) electrons. The van der Waals surface area contributed by atoms with E-state index < -0.39 is 41.0 Å². The Kier molecular flexibility index (Phi) is 7.47. The predicted molar refractivity (Wildman–Crippen MR) is 121 cm³/mol. The summed E-state index contributed by atoms with van der Waals surface area (Å²) in [6, 6.07) is -0.372. The summed E-state index contributed by atoms with van der Waals surface area (Å²) in [4.78, 5) is 35.8. The fraction of sp³-hybridized carbons (Fsp3) is 0.409. The van der Waals surface area contributed by atoms with Crippen LogP contribution >= 0.6 is 11.3 Å². The van der Waals surface area contributed by atoms with Crippen LogP contribution in [0.5, 0.6) is 0 Å². The molecule has 1 aromatic carbocycles. The molecule has 1 N–H and O–H groups in total. The van der Waals surface area contributed by atoms with Gasteiger partial charge in [-0.2, -0.15) is 31.0 Å². The lowest BCUT2D eigenvalue weighted by atomic mass is 10.0. The second kappa shape index (κ2) is 10.3. The molecule has 2 amide bonds. The van der Waals surface area contributed by atoms with Gasteiger partial charge in [-0.25, -0.2) is 9.97 Å². The number of alkyl halides is 6. The minimum Gasteiger partial charge on any atom is -0.378 e. The van der Waals surface area contributed by atoms with Gasteiger partial charge in [0, 0.05) is 18.7 Å². The fourth-order valence-corrected chi connectivity index (χ4v) is 4.51. The molecule has 0 saturated carbocycles. The summed E-state index contributed by atoms with van der Waals surface area (Å²) in [7, 11) is 0. The number of nitrogens with one attached hydrogen (secondary N) is 1. The number of hydrogen-bond donors (Lipinski definition) is 1. The van der Waals surface area contributed by atoms with Crippen molar-refractivity contribution in [3.8, 4) is 5.13 Å². The maximum absolute atomic E-state index is 13.2. The zero-order valence-electron chi connectivity index (χ0n) is 19.9. The molecule has 9 nitrogen and oxygen atoms in total. The molecule has 1 aliphatic heterocycles. The Morgan fingerprint density at radius 2 is 1.66 bits per heavy atom. The molecular formula is C22H20F6N6O3S. The Bertz CT molecular complexity index is 1310. The molecule has 38 heavy (non-hydrogen) atoms. The van der Waals surface area contributed by atoms with Crippen molar-refractivity contribution in [2.75, 3.05) is 26.3 Å². The second-order valence-electron chi connectivity index (χ2n) is 8.33. The smallest absolute Gasteiger partial charge is 0.378 e. The number of carbonyl (C=O) groups is 2. The van der Waals surface area contributed by atoms with Crippen LogP contribution in [0.3, 0.4) is 0 Å². The summed E-state index contributed by atoms with van der Waals surface area (Å²) in [6.45, 7) is 4.66. The van der Waals surface area contributed by atoms with Crippen LogP contribution in [0.1, 0.15) is 55.8 Å². The van der Waals surface area contributed by atoms with Gasteiger partial charge >= 0.3 is 12.4 Å². The molecule has 1 atom stereocenters. The van der Waals surface area contributed by atoms with Gasteiger partial charge in [-0.1, -0.05) is 11.3 Å². The van der Waals surface area contributed by atoms with E-state index in [2.05, 4.69) is 20.4 Å². The summed E-state index contributed by atoms with van der Waals surface area (Å²) >= 11 is 1.01. The minimum atomic E-state index is -5.10. The third-order valence-electron chi connectivity index (χ3n) is 5.51. The lowest BCUT2D eigenvalue weighted by Gasteiger charge is -2.26. The van der Waals surface area contributed by atoms with Gasteiger partial charge < -0.3 is 15.0 Å². The van der Waals surface area contributed by atoms with Crippen LogP contribution in [0.2, 0.25) is 0 Å². The van der Waals surface area contributed by atoms with E-state index in [4.69, 9.17) is 4.74 Å². The number of amides is 2. The van der Waals surface area contributed by atoms with Crippen molar-refractivity contribution in [1.29, 1.82) is 0 Å². The monoisotopic (exact) mass is 562 g/mol. The van der Waals surface area contributed by atoms with Crippen molar-refractivity contribution in [2.24, 2.45) is 0 Å². The van der Waals surface area contributed by atoms with Crippen LogP contribution in [0.4, 0.5) is 26.3 Å². The van der Waals surface area contributed by atoms with E-state index >= 15 is 0 Å². The lowest BCUT2D eigenvalue weighted by Crippen LogP contribution is -2.40. The summed E-state index contributed by atoms with van der Waals surface area (Å²) in [5, 5.41) is 6.82. The Hall–Kier alpha value is -3.53. The Morgan fingerprint density at radius 3 is 2.24 bits per heavy atom. The molecule has 204 valence electrons. The van der Waals surface area contributed by atoms with E-state index in [1.54, 1.807) is 11.8 Å². The molecule has 16 heteroatoms. The molecular weight excluding hydrogens is 542 g/mol. The molecule has 0 spiro atoms. The number of thiazole rings is 1. The fourth-order valence-electron chi connectivity index (χ4n) is 3.67. The number of carbonyl (C=O) groups excluding carboxylic acids is 2. The first kappa shape index (κ1) is 27.5. The van der Waals surface area contributed by atoms with Crippen LogP contribution < -0.4 is 5.32 Å². The minimum absolute atomic E-state index is 0.0571. The summed E-state index contributed by atoms with van der Waals surface area (Å²) in [5.41, 5.74) is -4.04. The standard InChI is InChI=1S/C22H20F6N6O3S/c1-11(30-18(35)13-7-14(21(23,24)25)9-15(8-13)22(26,27)28)17-31-12(2)32-34(17)20-29-10-16(38-20)19(36)33-3-5-37-6-4-33/h7-11H,3-6H2,1-2H3,(H,30,35). The van der Waals surface area contributed by atoms with E-state index in [9.17, 15) is 35.9 Å². The normalized spacial score (nSPS) is 15.4. The molecule has 2 aromatic heterocycles. The molecule has 0 bridgehead atoms. The molecule has 1 aliphatic rings.